The van der Waals surface area contributed by atoms with Crippen LogP contribution in [0.25, 0.3) is 0 Å². The average Bonchev–Trinajstić information content (AvgIpc) is 3.86. The summed E-state index contributed by atoms with van der Waals surface area (Å²) in [6, 6.07) is 17.6. The number of aromatic nitrogens is 1. The van der Waals surface area contributed by atoms with Crippen LogP contribution in [-0.2, 0) is 27.2 Å². The Balaban J connectivity index is 1.17. The number of ether oxygens (including phenoxy) is 4. The number of nitrogens with one attached hydrogen (secondary N) is 1. The summed E-state index contributed by atoms with van der Waals surface area (Å²) in [6.45, 7) is 6.45. The SMILES string of the molecule is Cc1cncc(Cl)c1C[C@H](OC(=O)c1ccc(CNC(C(=O)OCC2CCN(C)CC2)c2ccccc2)s1)c1ccc(OC(C)F)c(OCC2CC2)c1. The first-order valence-corrected chi connectivity index (χ1v) is 19.4. The second-order valence-corrected chi connectivity index (χ2v) is 15.6. The van der Waals surface area contributed by atoms with Gasteiger partial charge in [0.05, 0.1) is 18.2 Å². The van der Waals surface area contributed by atoms with Crippen LogP contribution >= 0.6 is 22.9 Å². The minimum atomic E-state index is -1.53. The van der Waals surface area contributed by atoms with Gasteiger partial charge in [-0.2, -0.15) is 0 Å². The second-order valence-electron chi connectivity index (χ2n) is 14.0. The number of pyridine rings is 1. The van der Waals surface area contributed by atoms with E-state index < -0.39 is 24.5 Å². The Morgan fingerprint density at radius 2 is 1.74 bits per heavy atom. The number of piperidine rings is 1. The van der Waals surface area contributed by atoms with Gasteiger partial charge in [-0.25, -0.2) is 14.0 Å². The molecule has 0 bridgehead atoms. The van der Waals surface area contributed by atoms with Crippen molar-refractivity contribution in [3.8, 4) is 11.5 Å². The van der Waals surface area contributed by atoms with Gasteiger partial charge in [0.1, 0.15) is 17.0 Å². The van der Waals surface area contributed by atoms with Crippen LogP contribution in [-0.4, -0.2) is 61.5 Å². The van der Waals surface area contributed by atoms with E-state index in [0.29, 0.717) is 52.8 Å². The van der Waals surface area contributed by atoms with Gasteiger partial charge in [0, 0.05) is 37.2 Å². The van der Waals surface area contributed by atoms with Gasteiger partial charge < -0.3 is 23.8 Å². The van der Waals surface area contributed by atoms with Crippen LogP contribution in [0.15, 0.2) is 73.1 Å². The topological polar surface area (TPSA) is 99.2 Å². The lowest BCUT2D eigenvalue weighted by Gasteiger charge is -2.29. The minimum absolute atomic E-state index is 0.277. The molecule has 2 aromatic heterocycles. The van der Waals surface area contributed by atoms with Gasteiger partial charge in [0.25, 0.3) is 0 Å². The summed E-state index contributed by atoms with van der Waals surface area (Å²) in [5.41, 5.74) is 3.11. The van der Waals surface area contributed by atoms with Gasteiger partial charge in [0.15, 0.2) is 11.5 Å². The molecule has 2 fully saturated rings. The zero-order valence-corrected chi connectivity index (χ0v) is 32.0. The van der Waals surface area contributed by atoms with Crippen LogP contribution in [0.4, 0.5) is 4.39 Å². The first-order chi connectivity index (χ1) is 25.6. The molecule has 6 rings (SSSR count). The molecule has 2 aliphatic rings. The van der Waals surface area contributed by atoms with Crippen molar-refractivity contribution >= 4 is 34.9 Å². The molecule has 3 atom stereocenters. The molecule has 3 heterocycles. The fraction of sp³-hybridized carbons (Fsp3) is 0.439. The first kappa shape index (κ1) is 38.7. The molecule has 2 unspecified atom stereocenters. The molecule has 0 radical (unpaired) electrons. The number of aryl methyl sites for hydroxylation is 1. The third kappa shape index (κ3) is 11.0. The molecule has 0 spiro atoms. The lowest BCUT2D eigenvalue weighted by molar-refractivity contribution is -0.148. The van der Waals surface area contributed by atoms with E-state index in [9.17, 15) is 14.0 Å². The highest BCUT2D eigenvalue weighted by molar-refractivity contribution is 7.13. The number of alkyl halides is 1. The number of carbonyl (C=O) groups excluding carboxylic acids is 2. The zero-order valence-electron chi connectivity index (χ0n) is 30.4. The highest BCUT2D eigenvalue weighted by Gasteiger charge is 2.28. The number of likely N-dealkylation sites (tertiary alicyclic amines) is 1. The summed E-state index contributed by atoms with van der Waals surface area (Å²) in [6.07, 6.45) is 5.46. The zero-order chi connectivity index (χ0) is 37.3. The Labute approximate surface area is 319 Å². The first-order valence-electron chi connectivity index (χ1n) is 18.2. The van der Waals surface area contributed by atoms with Gasteiger partial charge in [-0.05, 0) is 111 Å². The van der Waals surface area contributed by atoms with E-state index in [4.69, 9.17) is 30.5 Å². The van der Waals surface area contributed by atoms with Crippen molar-refractivity contribution in [1.29, 1.82) is 0 Å². The van der Waals surface area contributed by atoms with Crippen LogP contribution in [0.3, 0.4) is 0 Å². The predicted octanol–water partition coefficient (Wildman–Crippen LogP) is 8.44. The number of hydrogen-bond donors (Lipinski definition) is 1. The third-order valence-corrected chi connectivity index (χ3v) is 11.1. The molecule has 1 saturated heterocycles. The normalized spacial score (nSPS) is 16.8. The molecule has 1 saturated carbocycles. The molecule has 282 valence electrons. The van der Waals surface area contributed by atoms with E-state index >= 15 is 0 Å². The highest BCUT2D eigenvalue weighted by Crippen LogP contribution is 2.38. The summed E-state index contributed by atoms with van der Waals surface area (Å²) in [4.78, 5) is 34.9. The number of nitrogens with zero attached hydrogens (tertiary/aromatic N) is 2. The third-order valence-electron chi connectivity index (χ3n) is 9.67. The monoisotopic (exact) mass is 763 g/mol. The van der Waals surface area contributed by atoms with Crippen molar-refractivity contribution in [2.24, 2.45) is 11.8 Å². The van der Waals surface area contributed by atoms with Crippen LogP contribution < -0.4 is 14.8 Å². The minimum Gasteiger partial charge on any atom is -0.489 e. The van der Waals surface area contributed by atoms with E-state index in [1.54, 1.807) is 36.7 Å². The van der Waals surface area contributed by atoms with Crippen LogP contribution in [0, 0.1) is 18.8 Å². The largest absolute Gasteiger partial charge is 0.489 e. The molecule has 1 N–H and O–H groups in total. The summed E-state index contributed by atoms with van der Waals surface area (Å²) in [7, 11) is 2.11. The fourth-order valence-corrected chi connectivity index (χ4v) is 7.42. The quantitative estimate of drug-likeness (QED) is 0.106. The molecular formula is C41H47ClFN3O6S. The van der Waals surface area contributed by atoms with E-state index in [2.05, 4.69) is 22.2 Å². The number of hydrogen-bond acceptors (Lipinski definition) is 10. The Hall–Kier alpha value is -4.03. The number of halogens is 2. The van der Waals surface area contributed by atoms with Crippen LogP contribution in [0.2, 0.25) is 5.02 Å². The lowest BCUT2D eigenvalue weighted by atomic mass is 9.98. The standard InChI is InChI=1S/C41H47ClFN3O6S/c1-26-21-44-23-34(42)33(26)20-36(31-11-13-35(51-27(2)43)37(19-31)49-24-28-9-10-28)52-40(47)38-14-12-32(53-38)22-45-39(30-7-5-4-6-8-30)41(48)50-25-29-15-17-46(3)18-16-29/h4-8,11-14,19,21,23,27-29,36,39,45H,9-10,15-18,20,22,24-25H2,1-3H3/t27?,36-,39?/m0/s1. The number of thiophene rings is 1. The summed E-state index contributed by atoms with van der Waals surface area (Å²) in [5.74, 6) is 0.650. The average molecular weight is 764 g/mol. The molecular weight excluding hydrogens is 717 g/mol. The van der Waals surface area contributed by atoms with Gasteiger partial charge in [-0.1, -0.05) is 48.0 Å². The van der Waals surface area contributed by atoms with Crippen molar-refractivity contribution in [1.82, 2.24) is 15.2 Å². The maximum Gasteiger partial charge on any atom is 0.348 e. The highest BCUT2D eigenvalue weighted by atomic mass is 35.5. The Morgan fingerprint density at radius 1 is 0.981 bits per heavy atom. The Bertz CT molecular complexity index is 1810. The molecule has 9 nitrogen and oxygen atoms in total. The molecule has 0 amide bonds. The van der Waals surface area contributed by atoms with E-state index in [-0.39, 0.29) is 18.1 Å². The molecule has 53 heavy (non-hydrogen) atoms. The van der Waals surface area contributed by atoms with Gasteiger partial charge in [0.2, 0.25) is 6.36 Å². The molecule has 2 aromatic carbocycles. The van der Waals surface area contributed by atoms with Gasteiger partial charge in [-0.15, -0.1) is 11.3 Å². The summed E-state index contributed by atoms with van der Waals surface area (Å²) < 4.78 is 37.5. The van der Waals surface area contributed by atoms with E-state index in [1.807, 2.05) is 43.3 Å². The van der Waals surface area contributed by atoms with Crippen molar-refractivity contribution in [2.75, 3.05) is 33.4 Å². The number of rotatable bonds is 17. The van der Waals surface area contributed by atoms with Crippen molar-refractivity contribution < 1.29 is 32.9 Å². The second kappa shape index (κ2) is 18.3. The van der Waals surface area contributed by atoms with E-state index in [0.717, 1.165) is 60.3 Å². The number of carbonyl (C=O) groups is 2. The number of benzene rings is 2. The predicted molar refractivity (Wildman–Crippen MR) is 203 cm³/mol. The van der Waals surface area contributed by atoms with Crippen LogP contribution in [0.5, 0.6) is 11.5 Å². The summed E-state index contributed by atoms with van der Waals surface area (Å²) >= 11 is 7.88. The molecule has 1 aliphatic heterocycles. The molecule has 1 aliphatic carbocycles. The molecule has 12 heteroatoms. The summed E-state index contributed by atoms with van der Waals surface area (Å²) in [5, 5.41) is 3.83. The fourth-order valence-electron chi connectivity index (χ4n) is 6.30. The van der Waals surface area contributed by atoms with Crippen molar-refractivity contribution in [2.45, 2.75) is 71.0 Å². The Morgan fingerprint density at radius 3 is 2.45 bits per heavy atom. The van der Waals surface area contributed by atoms with Gasteiger partial charge in [-0.3, -0.25) is 10.3 Å². The molecule has 4 aromatic rings. The maximum atomic E-state index is 13.9. The Kier molecular flexibility index (Phi) is 13.4. The van der Waals surface area contributed by atoms with E-state index in [1.165, 1.54) is 18.3 Å². The number of esters is 2. The van der Waals surface area contributed by atoms with Crippen molar-refractivity contribution in [3.05, 3.63) is 110 Å². The maximum absolute atomic E-state index is 13.9. The van der Waals surface area contributed by atoms with Gasteiger partial charge >= 0.3 is 11.9 Å². The lowest BCUT2D eigenvalue weighted by Crippen LogP contribution is -2.34. The smallest absolute Gasteiger partial charge is 0.348 e. The van der Waals surface area contributed by atoms with Crippen molar-refractivity contribution in [3.63, 3.8) is 0 Å². The van der Waals surface area contributed by atoms with Crippen LogP contribution in [0.1, 0.15) is 81.6 Å².